The van der Waals surface area contributed by atoms with Crippen molar-refractivity contribution in [3.63, 3.8) is 0 Å². The van der Waals surface area contributed by atoms with Gasteiger partial charge >= 0.3 is 6.18 Å². The van der Waals surface area contributed by atoms with Crippen LogP contribution in [0.4, 0.5) is 24.5 Å². The molecule has 0 bridgehead atoms. The predicted molar refractivity (Wildman–Crippen MR) is 116 cm³/mol. The summed E-state index contributed by atoms with van der Waals surface area (Å²) in [7, 11) is 0. The Kier molecular flexibility index (Phi) is 6.15. The minimum Gasteiger partial charge on any atom is -0.451 e. The lowest BCUT2D eigenvalue weighted by atomic mass is 10.1. The van der Waals surface area contributed by atoms with Gasteiger partial charge in [0.15, 0.2) is 5.76 Å². The highest BCUT2D eigenvalue weighted by Gasteiger charge is 2.32. The van der Waals surface area contributed by atoms with E-state index in [0.717, 1.165) is 23.1 Å². The predicted octanol–water partition coefficient (Wildman–Crippen LogP) is 5.40. The van der Waals surface area contributed by atoms with Gasteiger partial charge in [-0.3, -0.25) is 4.79 Å². The number of benzene rings is 2. The van der Waals surface area contributed by atoms with E-state index in [1.54, 1.807) is 12.1 Å². The highest BCUT2D eigenvalue weighted by atomic mass is 32.2. The fraction of sp³-hybridized carbons (Fsp3) is 0.318. The van der Waals surface area contributed by atoms with Gasteiger partial charge in [-0.2, -0.15) is 24.9 Å². The van der Waals surface area contributed by atoms with E-state index in [0.29, 0.717) is 43.3 Å². The SMILES string of the molecule is CSCc1c(C(=O)Nc2cc(C(F)(F)F)ccc2N2CCOCC2)oc2ccccc12. The minimum absolute atomic E-state index is 0.0947. The summed E-state index contributed by atoms with van der Waals surface area (Å²) in [6.07, 6.45) is -2.61. The number of hydrogen-bond acceptors (Lipinski definition) is 5. The molecule has 2 aromatic carbocycles. The molecule has 1 aromatic heterocycles. The van der Waals surface area contributed by atoms with E-state index in [1.165, 1.54) is 17.8 Å². The van der Waals surface area contributed by atoms with Gasteiger partial charge in [-0.15, -0.1) is 0 Å². The molecule has 4 rings (SSSR count). The van der Waals surface area contributed by atoms with Crippen LogP contribution in [0.5, 0.6) is 0 Å². The Morgan fingerprint density at radius 2 is 1.90 bits per heavy atom. The quantitative estimate of drug-likeness (QED) is 0.564. The van der Waals surface area contributed by atoms with Gasteiger partial charge in [-0.1, -0.05) is 18.2 Å². The molecule has 1 saturated heterocycles. The Balaban J connectivity index is 1.73. The number of furan rings is 1. The van der Waals surface area contributed by atoms with E-state index in [4.69, 9.17) is 9.15 Å². The van der Waals surface area contributed by atoms with Gasteiger partial charge in [0.2, 0.25) is 0 Å². The van der Waals surface area contributed by atoms with E-state index < -0.39 is 17.6 Å². The third-order valence-corrected chi connectivity index (χ3v) is 5.69. The number of thioether (sulfide) groups is 1. The topological polar surface area (TPSA) is 54.7 Å². The zero-order valence-corrected chi connectivity index (χ0v) is 17.6. The largest absolute Gasteiger partial charge is 0.451 e. The molecule has 9 heteroatoms. The van der Waals surface area contributed by atoms with Crippen LogP contribution in [-0.4, -0.2) is 38.5 Å². The molecule has 0 radical (unpaired) electrons. The van der Waals surface area contributed by atoms with Crippen LogP contribution in [0.15, 0.2) is 46.9 Å². The van der Waals surface area contributed by atoms with Crippen LogP contribution < -0.4 is 10.2 Å². The fourth-order valence-corrected chi connectivity index (χ4v) is 4.22. The number of morpholine rings is 1. The molecular weight excluding hydrogens is 429 g/mol. The van der Waals surface area contributed by atoms with Gasteiger partial charge < -0.3 is 19.4 Å². The molecule has 1 amide bonds. The summed E-state index contributed by atoms with van der Waals surface area (Å²) < 4.78 is 51.1. The molecule has 2 heterocycles. The second-order valence-corrected chi connectivity index (χ2v) is 7.99. The minimum atomic E-state index is -4.52. The molecular formula is C22H21F3N2O3S. The Bertz CT molecular complexity index is 1090. The summed E-state index contributed by atoms with van der Waals surface area (Å²) in [6.45, 7) is 1.99. The van der Waals surface area contributed by atoms with Gasteiger partial charge in [0.25, 0.3) is 5.91 Å². The first kappa shape index (κ1) is 21.6. The standard InChI is InChI=1S/C22H21F3N2O3S/c1-31-13-16-15-4-2-3-5-19(15)30-20(16)21(28)26-17-12-14(22(23,24)25)6-7-18(17)27-8-10-29-11-9-27/h2-7,12H,8-11,13H2,1H3,(H,26,28). The number of hydrogen-bond donors (Lipinski definition) is 1. The fourth-order valence-electron chi connectivity index (χ4n) is 3.64. The van der Waals surface area contributed by atoms with Gasteiger partial charge in [-0.05, 0) is 30.5 Å². The van der Waals surface area contributed by atoms with Crippen LogP contribution in [0.25, 0.3) is 11.0 Å². The number of rotatable bonds is 5. The molecule has 3 aromatic rings. The van der Waals surface area contributed by atoms with Crippen molar-refractivity contribution >= 4 is 40.0 Å². The Hall–Kier alpha value is -2.65. The smallest absolute Gasteiger partial charge is 0.416 e. The maximum absolute atomic E-state index is 13.3. The molecule has 1 aliphatic heterocycles. The van der Waals surface area contributed by atoms with Crippen molar-refractivity contribution in [1.29, 1.82) is 0 Å². The number of carbonyl (C=O) groups is 1. The summed E-state index contributed by atoms with van der Waals surface area (Å²) >= 11 is 1.53. The first-order valence-corrected chi connectivity index (χ1v) is 11.1. The second-order valence-electron chi connectivity index (χ2n) is 7.12. The zero-order valence-electron chi connectivity index (χ0n) is 16.8. The molecule has 1 N–H and O–H groups in total. The number of amides is 1. The molecule has 0 saturated carbocycles. The van der Waals surface area contributed by atoms with E-state index in [9.17, 15) is 18.0 Å². The van der Waals surface area contributed by atoms with Crippen LogP contribution >= 0.6 is 11.8 Å². The molecule has 0 unspecified atom stereocenters. The molecule has 164 valence electrons. The third kappa shape index (κ3) is 4.52. The Morgan fingerprint density at radius 3 is 2.61 bits per heavy atom. The number of alkyl halides is 3. The van der Waals surface area contributed by atoms with Crippen molar-refractivity contribution in [3.8, 4) is 0 Å². The normalized spacial score (nSPS) is 14.8. The van der Waals surface area contributed by atoms with Crippen molar-refractivity contribution < 1.29 is 27.1 Å². The molecule has 31 heavy (non-hydrogen) atoms. The Morgan fingerprint density at radius 1 is 1.16 bits per heavy atom. The summed E-state index contributed by atoms with van der Waals surface area (Å²) in [6, 6.07) is 10.7. The number of fused-ring (bicyclic) bond motifs is 1. The average Bonchev–Trinajstić information content (AvgIpc) is 3.13. The van der Waals surface area contributed by atoms with Crippen LogP contribution in [-0.2, 0) is 16.7 Å². The zero-order chi connectivity index (χ0) is 22.0. The van der Waals surface area contributed by atoms with Crippen LogP contribution in [0.2, 0.25) is 0 Å². The lowest BCUT2D eigenvalue weighted by Crippen LogP contribution is -2.36. The molecule has 0 spiro atoms. The monoisotopic (exact) mass is 450 g/mol. The summed E-state index contributed by atoms with van der Waals surface area (Å²) in [4.78, 5) is 15.0. The van der Waals surface area contributed by atoms with Crippen molar-refractivity contribution in [1.82, 2.24) is 0 Å². The van der Waals surface area contributed by atoms with Gasteiger partial charge in [0, 0.05) is 29.8 Å². The van der Waals surface area contributed by atoms with Crippen LogP contribution in [0.3, 0.4) is 0 Å². The van der Waals surface area contributed by atoms with E-state index in [1.807, 2.05) is 23.3 Å². The molecule has 1 fully saturated rings. The molecule has 5 nitrogen and oxygen atoms in total. The van der Waals surface area contributed by atoms with E-state index in [-0.39, 0.29) is 11.4 Å². The van der Waals surface area contributed by atoms with E-state index in [2.05, 4.69) is 5.32 Å². The summed E-state index contributed by atoms with van der Waals surface area (Å²) in [5.74, 6) is 0.0774. The van der Waals surface area contributed by atoms with Crippen LogP contribution in [0, 0.1) is 0 Å². The number of nitrogens with one attached hydrogen (secondary N) is 1. The summed E-state index contributed by atoms with van der Waals surface area (Å²) in [5.41, 5.74) is 1.08. The first-order chi connectivity index (χ1) is 14.9. The Labute approximate surface area is 181 Å². The third-order valence-electron chi connectivity index (χ3n) is 5.12. The van der Waals surface area contributed by atoms with Crippen molar-refractivity contribution in [3.05, 3.63) is 59.4 Å². The lowest BCUT2D eigenvalue weighted by Gasteiger charge is -2.31. The maximum Gasteiger partial charge on any atom is 0.416 e. The number of para-hydroxylation sites is 1. The first-order valence-electron chi connectivity index (χ1n) is 9.73. The number of anilines is 2. The molecule has 0 aliphatic carbocycles. The molecule has 1 aliphatic rings. The highest BCUT2D eigenvalue weighted by molar-refractivity contribution is 7.97. The number of halogens is 3. The van der Waals surface area contributed by atoms with Crippen molar-refractivity contribution in [2.24, 2.45) is 0 Å². The summed E-state index contributed by atoms with van der Waals surface area (Å²) in [5, 5.41) is 3.49. The van der Waals surface area contributed by atoms with Crippen molar-refractivity contribution in [2.45, 2.75) is 11.9 Å². The van der Waals surface area contributed by atoms with E-state index >= 15 is 0 Å². The number of carbonyl (C=O) groups excluding carboxylic acids is 1. The maximum atomic E-state index is 13.3. The van der Waals surface area contributed by atoms with Gasteiger partial charge in [-0.25, -0.2) is 0 Å². The highest BCUT2D eigenvalue weighted by Crippen LogP contribution is 2.37. The second kappa shape index (κ2) is 8.84. The van der Waals surface area contributed by atoms with Crippen molar-refractivity contribution in [2.75, 3.05) is 42.8 Å². The van der Waals surface area contributed by atoms with Gasteiger partial charge in [0.1, 0.15) is 5.58 Å². The van der Waals surface area contributed by atoms with Gasteiger partial charge in [0.05, 0.1) is 30.2 Å². The van der Waals surface area contributed by atoms with Crippen LogP contribution in [0.1, 0.15) is 21.7 Å². The number of ether oxygens (including phenoxy) is 1. The lowest BCUT2D eigenvalue weighted by molar-refractivity contribution is -0.137. The number of nitrogens with zero attached hydrogens (tertiary/aromatic N) is 1. The molecule has 0 atom stereocenters. The average molecular weight is 450 g/mol.